The van der Waals surface area contributed by atoms with Crippen molar-refractivity contribution < 1.29 is 169 Å². The van der Waals surface area contributed by atoms with E-state index < -0.39 is 47.4 Å². The van der Waals surface area contributed by atoms with E-state index in [1.165, 1.54) is 118 Å². The number of urea groups is 12. The zero-order valence-corrected chi connectivity index (χ0v) is 92.5. The molecule has 0 aliphatic carbocycles. The van der Waals surface area contributed by atoms with Gasteiger partial charge in [0.05, 0.1) is 0 Å². The smallest absolute Gasteiger partial charge is 0.331 e. The highest BCUT2D eigenvalue weighted by Crippen LogP contribution is 2.37. The molecule has 2 rings (SSSR count). The molecule has 57 nitrogen and oxygen atoms in total. The number of hydrogen-bond donors (Lipinski definition) is 13. The highest BCUT2D eigenvalue weighted by Gasteiger charge is 2.13. The van der Waals surface area contributed by atoms with Crippen LogP contribution in [0.2, 0.25) is 0 Å². The van der Waals surface area contributed by atoms with Gasteiger partial charge in [-0.3, -0.25) is 58.7 Å². The number of aromatic amines is 1. The van der Waals surface area contributed by atoms with Crippen molar-refractivity contribution in [1.29, 1.82) is 0 Å². The van der Waals surface area contributed by atoms with E-state index in [0.717, 1.165) is 11.0 Å². The number of carbonyl (C=O) groups excluding carboxylic acids is 12. The van der Waals surface area contributed by atoms with E-state index in [9.17, 15) is 82.7 Å². The number of H-pyrrole nitrogens is 1. The van der Waals surface area contributed by atoms with Gasteiger partial charge < -0.3 is 118 Å². The fraction of sp³-hybridized carbons (Fsp3) is 0.727. The van der Waals surface area contributed by atoms with Crippen molar-refractivity contribution in [2.75, 3.05) is 338 Å². The molecule has 0 unspecified atom stereocenters. The first-order valence-electron chi connectivity index (χ1n) is 36.5. The van der Waals surface area contributed by atoms with Crippen molar-refractivity contribution in [2.45, 2.75) is 0 Å². The maximum Gasteiger partial charge on any atom is 0.507 e. The minimum atomic E-state index is -5.14. The van der Waals surface area contributed by atoms with Gasteiger partial charge in [-0.25, -0.2) is 84.9 Å². The Balaban J connectivity index is -0.0000000728. The van der Waals surface area contributed by atoms with E-state index in [2.05, 4.69) is 15.4 Å². The first kappa shape index (κ1) is 165. The predicted octanol–water partition coefficient (Wildman–Crippen LogP) is 4.00. The molecular weight excluding hydrogens is 1950 g/mol. The third kappa shape index (κ3) is 174. The van der Waals surface area contributed by atoms with Gasteiger partial charge in [0, 0.05) is 338 Å². The van der Waals surface area contributed by atoms with Gasteiger partial charge in [-0.05, 0) is 12.1 Å². The first-order chi connectivity index (χ1) is 59.1. The van der Waals surface area contributed by atoms with Crippen LogP contribution in [0.3, 0.4) is 0 Å². The predicted molar refractivity (Wildman–Crippen MR) is 506 cm³/mol. The maximum atomic E-state index is 10.7. The zero-order chi connectivity index (χ0) is 114. The van der Waals surface area contributed by atoms with E-state index in [4.69, 9.17) is 86.1 Å². The average Bonchev–Trinajstić information content (AvgIpc) is 1.74. The maximum absolute atomic E-state index is 10.7. The number of aromatic nitrogens is 3. The van der Waals surface area contributed by atoms with Crippen molar-refractivity contribution in [3.63, 3.8) is 0 Å². The summed E-state index contributed by atoms with van der Waals surface area (Å²) in [5, 5.41) is 10.3. The van der Waals surface area contributed by atoms with Gasteiger partial charge in [0.15, 0.2) is 0 Å². The highest BCUT2D eigenvalue weighted by atomic mass is 31.2. The summed E-state index contributed by atoms with van der Waals surface area (Å²) >= 11 is 0. The minimum absolute atomic E-state index is 0.0185. The fourth-order valence-corrected chi connectivity index (χ4v) is 5.59. The number of para-hydroxylation sites is 2. The van der Waals surface area contributed by atoms with Gasteiger partial charge in [-0.1, -0.05) is 12.1 Å². The average molecular weight is 2110 g/mol. The normalized spacial score (nSPS) is 9.35. The monoisotopic (exact) mass is 2110 g/mol. The van der Waals surface area contributed by atoms with Crippen molar-refractivity contribution in [1.82, 2.24) is 133 Å². The standard InChI is InChI=1S/C6H5N3.12C5H12N2O.6FH2O3P/c1-2-4-6-5(3-1)7-9-8-6;12*1-6(2)5(8)7(3)4;6*1-5(2,3)4/h1-4H,(H,7,8,9);12*1-4H3;6*(H2,2,3,4). The van der Waals surface area contributed by atoms with Crippen molar-refractivity contribution in [3.05, 3.63) is 24.3 Å². The first-order valence-corrected chi connectivity index (χ1v) is 45.5. The number of nitrogens with zero attached hydrogens (tertiary/aromatic N) is 26. The van der Waals surface area contributed by atoms with Crippen LogP contribution in [0, 0.1) is 0 Å². The summed E-state index contributed by atoms with van der Waals surface area (Å²) in [6, 6.07) is 7.92. The number of fused-ring (bicyclic) bond motifs is 1. The van der Waals surface area contributed by atoms with Crippen molar-refractivity contribution in [2.24, 2.45) is 0 Å². The number of benzene rings is 1. The summed E-state index contributed by atoms with van der Waals surface area (Å²) < 4.78 is 114. The number of amides is 24. The number of halogens is 6. The molecule has 13 N–H and O–H groups in total. The topological polar surface area (TPSA) is 669 Å². The lowest BCUT2D eigenvalue weighted by molar-refractivity contribution is 0.190. The second-order valence-electron chi connectivity index (χ2n) is 29.5. The van der Waals surface area contributed by atoms with Gasteiger partial charge in [0.2, 0.25) is 0 Å². The molecule has 2 aromatic rings. The summed E-state index contributed by atoms with van der Waals surface area (Å²) in [6.07, 6.45) is 0. The van der Waals surface area contributed by atoms with Crippen LogP contribution in [0.4, 0.5) is 82.7 Å². The van der Waals surface area contributed by atoms with Crippen LogP contribution < -0.4 is 0 Å². The Kier molecular flexibility index (Phi) is 107. The Labute approximate surface area is 792 Å². The Hall–Kier alpha value is -9.66. The van der Waals surface area contributed by atoms with Gasteiger partial charge >= 0.3 is 120 Å². The van der Waals surface area contributed by atoms with Crippen molar-refractivity contribution in [3.8, 4) is 0 Å². The molecule has 0 aliphatic heterocycles. The Morgan fingerprint density at radius 3 is 0.267 bits per heavy atom. The second kappa shape index (κ2) is 87.1. The van der Waals surface area contributed by atoms with Crippen LogP contribution in [0.15, 0.2) is 24.3 Å². The molecular formula is C66H161F6N27O30P6. The van der Waals surface area contributed by atoms with E-state index in [1.54, 1.807) is 338 Å². The Bertz CT molecular complexity index is 2920. The molecule has 24 amide bonds. The number of nitrogens with one attached hydrogen (secondary N) is 1. The summed E-state index contributed by atoms with van der Waals surface area (Å²) in [5.41, 5.74) is 1.83. The summed E-state index contributed by atoms with van der Waals surface area (Å²) in [5.74, 6) is 0. The zero-order valence-electron chi connectivity index (χ0n) is 87.1. The summed E-state index contributed by atoms with van der Waals surface area (Å²) in [4.78, 5) is 249. The molecule has 69 heteroatoms. The Morgan fingerprint density at radius 1 is 0.178 bits per heavy atom. The number of rotatable bonds is 0. The lowest BCUT2D eigenvalue weighted by Gasteiger charge is -2.16. The summed E-state index contributed by atoms with van der Waals surface area (Å²) in [7, 11) is 51.9. The lowest BCUT2D eigenvalue weighted by atomic mass is 10.3. The molecule has 0 aliphatic rings. The minimum Gasteiger partial charge on any atom is -0.331 e. The quantitative estimate of drug-likeness (QED) is 0.131. The molecule has 0 saturated carbocycles. The fourth-order valence-electron chi connectivity index (χ4n) is 5.59. The highest BCUT2D eigenvalue weighted by molar-refractivity contribution is 7.47. The lowest BCUT2D eigenvalue weighted by Crippen LogP contribution is -2.33. The van der Waals surface area contributed by atoms with E-state index in [-0.39, 0.29) is 72.4 Å². The molecule has 812 valence electrons. The van der Waals surface area contributed by atoms with Crippen LogP contribution >= 0.6 is 47.4 Å². The van der Waals surface area contributed by atoms with E-state index in [0.29, 0.717) is 0 Å². The summed E-state index contributed by atoms with van der Waals surface area (Å²) in [6.45, 7) is 0. The molecule has 0 fully saturated rings. The third-order valence-corrected chi connectivity index (χ3v) is 10.4. The number of hydrogen-bond acceptors (Lipinski definition) is 20. The van der Waals surface area contributed by atoms with Crippen LogP contribution in [0.25, 0.3) is 11.0 Å². The molecule has 0 atom stereocenters. The molecule has 0 bridgehead atoms. The third-order valence-electron chi connectivity index (χ3n) is 10.4. The molecule has 0 saturated heterocycles. The molecule has 1 heterocycles. The van der Waals surface area contributed by atoms with Gasteiger partial charge in [-0.2, -0.15) is 15.4 Å². The Morgan fingerprint density at radius 2 is 0.230 bits per heavy atom. The van der Waals surface area contributed by atoms with E-state index >= 15 is 0 Å². The van der Waals surface area contributed by atoms with Gasteiger partial charge in [-0.15, -0.1) is 25.2 Å². The van der Waals surface area contributed by atoms with E-state index in [1.807, 2.05) is 24.3 Å². The number of carbonyl (C=O) groups is 12. The van der Waals surface area contributed by atoms with Gasteiger partial charge in [0.25, 0.3) is 0 Å². The molecule has 0 radical (unpaired) electrons. The van der Waals surface area contributed by atoms with Crippen molar-refractivity contribution >= 4 is 131 Å². The molecule has 0 spiro atoms. The second-order valence-corrected chi connectivity index (χ2v) is 35.2. The van der Waals surface area contributed by atoms with Crippen LogP contribution in [-0.4, -0.2) is 602 Å². The SMILES string of the molecule is CN(C)C(=O)N(C)C.CN(C)C(=O)N(C)C.CN(C)C(=O)N(C)C.CN(C)C(=O)N(C)C.CN(C)C(=O)N(C)C.CN(C)C(=O)N(C)C.CN(C)C(=O)N(C)C.CN(C)C(=O)N(C)C.CN(C)C(=O)N(C)C.CN(C)C(=O)N(C)C.CN(C)C(=O)N(C)C.CN(C)C(=O)N(C)C.O=P(O)(O)F.O=P(O)(O)F.O=P(O)(O)F.O=P(O)(O)F.O=P(O)(O)F.O=P(O)(O)F.c1ccc2n[nH]nc2c1. The van der Waals surface area contributed by atoms with Crippen LogP contribution in [0.5, 0.6) is 0 Å². The molecule has 135 heavy (non-hydrogen) atoms. The van der Waals surface area contributed by atoms with Crippen LogP contribution in [0.1, 0.15) is 0 Å². The van der Waals surface area contributed by atoms with Gasteiger partial charge in [0.1, 0.15) is 11.0 Å². The van der Waals surface area contributed by atoms with Crippen LogP contribution in [-0.2, 0) is 27.4 Å². The largest absolute Gasteiger partial charge is 0.507 e. The molecule has 1 aromatic carbocycles. The molecule has 1 aromatic heterocycles.